The van der Waals surface area contributed by atoms with Gasteiger partial charge in [-0.3, -0.25) is 0 Å². The van der Waals surface area contributed by atoms with Gasteiger partial charge in [-0.1, -0.05) is 12.1 Å². The Labute approximate surface area is 87.5 Å². The fourth-order valence-electron chi connectivity index (χ4n) is 1.43. The number of para-hydroxylation sites is 1. The van der Waals surface area contributed by atoms with Crippen LogP contribution < -0.4 is 0 Å². The molecule has 0 radical (unpaired) electrons. The summed E-state index contributed by atoms with van der Waals surface area (Å²) in [5.41, 5.74) is -1.09. The van der Waals surface area contributed by atoms with Gasteiger partial charge in [-0.15, -0.1) is 0 Å². The fraction of sp³-hybridized carbons (Fsp3) is 0.100. The highest BCUT2D eigenvalue weighted by Gasteiger charge is 2.45. The molecule has 0 atom stereocenters. The molecular weight excluding hydrogens is 223 g/mol. The number of aromatic amines is 1. The number of aliphatic carboxylic acids is 1. The van der Waals surface area contributed by atoms with Crippen molar-refractivity contribution >= 4 is 16.9 Å². The quantitative estimate of drug-likeness (QED) is 0.831. The molecule has 3 nitrogen and oxygen atoms in total. The highest BCUT2D eigenvalue weighted by Crippen LogP contribution is 2.33. The summed E-state index contributed by atoms with van der Waals surface area (Å²) in [5.74, 6) is -7.88. The molecule has 0 fully saturated rings. The maximum atomic E-state index is 13.5. The first-order chi connectivity index (χ1) is 7.44. The molecule has 0 bridgehead atoms. The number of fused-ring (bicyclic) bond motifs is 1. The highest BCUT2D eigenvalue weighted by molar-refractivity contribution is 5.85. The number of aromatic nitrogens is 1. The summed E-state index contributed by atoms with van der Waals surface area (Å²) < 4.78 is 39.7. The molecule has 0 aliphatic heterocycles. The van der Waals surface area contributed by atoms with E-state index in [2.05, 4.69) is 4.98 Å². The van der Waals surface area contributed by atoms with Crippen molar-refractivity contribution in [2.75, 3.05) is 0 Å². The largest absolute Gasteiger partial charge is 0.476 e. The Kier molecular flexibility index (Phi) is 2.15. The van der Waals surface area contributed by atoms with Crippen LogP contribution in [0, 0.1) is 5.82 Å². The summed E-state index contributed by atoms with van der Waals surface area (Å²) in [5, 5.41) is 8.25. The van der Waals surface area contributed by atoms with Gasteiger partial charge in [0.1, 0.15) is 5.69 Å². The lowest BCUT2D eigenvalue weighted by Crippen LogP contribution is -2.26. The van der Waals surface area contributed by atoms with Crippen LogP contribution in [-0.2, 0) is 10.7 Å². The van der Waals surface area contributed by atoms with Crippen molar-refractivity contribution in [1.29, 1.82) is 0 Å². The third kappa shape index (κ3) is 1.34. The Hall–Kier alpha value is -1.98. The SMILES string of the molecule is O=C(O)C(F)(F)c1[nH]c2ccccc2c1F. The first kappa shape index (κ1) is 10.5. The van der Waals surface area contributed by atoms with Crippen LogP contribution in [0.15, 0.2) is 24.3 Å². The van der Waals surface area contributed by atoms with Gasteiger partial charge in [0.2, 0.25) is 0 Å². The van der Waals surface area contributed by atoms with Gasteiger partial charge in [-0.25, -0.2) is 9.18 Å². The molecule has 0 aliphatic carbocycles. The Morgan fingerprint density at radius 1 is 1.31 bits per heavy atom. The van der Waals surface area contributed by atoms with Gasteiger partial charge in [-0.05, 0) is 12.1 Å². The lowest BCUT2D eigenvalue weighted by Gasteiger charge is -2.08. The lowest BCUT2D eigenvalue weighted by molar-refractivity contribution is -0.167. The van der Waals surface area contributed by atoms with Crippen molar-refractivity contribution in [3.05, 3.63) is 35.8 Å². The smallest absolute Gasteiger partial charge is 0.385 e. The predicted molar refractivity (Wildman–Crippen MR) is 49.8 cm³/mol. The van der Waals surface area contributed by atoms with Crippen LogP contribution in [0.2, 0.25) is 0 Å². The summed E-state index contributed by atoms with van der Waals surface area (Å²) in [6.45, 7) is 0. The molecule has 0 saturated heterocycles. The summed E-state index contributed by atoms with van der Waals surface area (Å²) in [4.78, 5) is 12.4. The summed E-state index contributed by atoms with van der Waals surface area (Å²) in [6, 6.07) is 5.69. The van der Waals surface area contributed by atoms with Crippen molar-refractivity contribution < 1.29 is 23.1 Å². The van der Waals surface area contributed by atoms with Crippen molar-refractivity contribution in [1.82, 2.24) is 4.98 Å². The molecular formula is C10H6F3NO2. The fourth-order valence-corrected chi connectivity index (χ4v) is 1.43. The minimum atomic E-state index is -4.26. The van der Waals surface area contributed by atoms with E-state index in [4.69, 9.17) is 5.11 Å². The van der Waals surface area contributed by atoms with Crippen LogP contribution in [0.3, 0.4) is 0 Å². The van der Waals surface area contributed by atoms with Crippen molar-refractivity contribution in [3.63, 3.8) is 0 Å². The Morgan fingerprint density at radius 2 is 1.94 bits per heavy atom. The zero-order chi connectivity index (χ0) is 11.9. The number of H-pyrrole nitrogens is 1. The van der Waals surface area contributed by atoms with Crippen LogP contribution >= 0.6 is 0 Å². The second-order valence-electron chi connectivity index (χ2n) is 3.24. The first-order valence-electron chi connectivity index (χ1n) is 4.32. The average Bonchev–Trinajstić information content (AvgIpc) is 2.57. The first-order valence-corrected chi connectivity index (χ1v) is 4.32. The van der Waals surface area contributed by atoms with Crippen LogP contribution in [0.1, 0.15) is 5.69 Å². The van der Waals surface area contributed by atoms with Gasteiger partial charge in [-0.2, -0.15) is 8.78 Å². The van der Waals surface area contributed by atoms with E-state index in [9.17, 15) is 18.0 Å². The monoisotopic (exact) mass is 229 g/mol. The predicted octanol–water partition coefficient (Wildman–Crippen LogP) is 2.48. The number of carboxylic acids is 1. The van der Waals surface area contributed by atoms with Gasteiger partial charge in [0.15, 0.2) is 5.82 Å². The molecule has 0 unspecified atom stereocenters. The minimum Gasteiger partial charge on any atom is -0.476 e. The third-order valence-corrected chi connectivity index (χ3v) is 2.23. The normalized spacial score (nSPS) is 11.9. The molecule has 0 amide bonds. The van der Waals surface area contributed by atoms with E-state index in [1.165, 1.54) is 24.3 Å². The molecule has 2 N–H and O–H groups in total. The molecule has 0 spiro atoms. The zero-order valence-electron chi connectivity index (χ0n) is 7.80. The number of carboxylic acid groups (broad SMARTS) is 1. The van der Waals surface area contributed by atoms with E-state index >= 15 is 0 Å². The van der Waals surface area contributed by atoms with Gasteiger partial charge in [0, 0.05) is 10.9 Å². The molecule has 1 aromatic carbocycles. The number of benzene rings is 1. The van der Waals surface area contributed by atoms with E-state index in [0.29, 0.717) is 0 Å². The average molecular weight is 229 g/mol. The minimum absolute atomic E-state index is 0.0570. The number of hydrogen-bond acceptors (Lipinski definition) is 1. The number of alkyl halides is 2. The van der Waals surface area contributed by atoms with Crippen LogP contribution in [0.5, 0.6) is 0 Å². The Balaban J connectivity index is 2.71. The molecule has 0 aliphatic rings. The van der Waals surface area contributed by atoms with E-state index in [1.54, 1.807) is 0 Å². The Bertz CT molecular complexity index is 562. The van der Waals surface area contributed by atoms with Gasteiger partial charge in [0.25, 0.3) is 0 Å². The van der Waals surface area contributed by atoms with Crippen LogP contribution in [0.4, 0.5) is 13.2 Å². The lowest BCUT2D eigenvalue weighted by atomic mass is 10.2. The Morgan fingerprint density at radius 3 is 2.50 bits per heavy atom. The van der Waals surface area contributed by atoms with E-state index in [0.717, 1.165) is 0 Å². The van der Waals surface area contributed by atoms with Gasteiger partial charge in [0.05, 0.1) is 0 Å². The van der Waals surface area contributed by atoms with Gasteiger partial charge < -0.3 is 10.1 Å². The van der Waals surface area contributed by atoms with Crippen molar-refractivity contribution in [3.8, 4) is 0 Å². The summed E-state index contributed by atoms with van der Waals surface area (Å²) in [6.07, 6.45) is 0. The van der Waals surface area contributed by atoms with E-state index in [1.807, 2.05) is 0 Å². The number of hydrogen-bond donors (Lipinski definition) is 2. The summed E-state index contributed by atoms with van der Waals surface area (Å²) >= 11 is 0. The molecule has 6 heteroatoms. The second-order valence-corrected chi connectivity index (χ2v) is 3.24. The van der Waals surface area contributed by atoms with E-state index in [-0.39, 0.29) is 10.9 Å². The van der Waals surface area contributed by atoms with Gasteiger partial charge >= 0.3 is 11.9 Å². The van der Waals surface area contributed by atoms with Crippen molar-refractivity contribution in [2.45, 2.75) is 5.92 Å². The second kappa shape index (κ2) is 3.26. The van der Waals surface area contributed by atoms with E-state index < -0.39 is 23.4 Å². The molecule has 2 rings (SSSR count). The molecule has 0 saturated carbocycles. The van der Waals surface area contributed by atoms with Crippen molar-refractivity contribution in [2.24, 2.45) is 0 Å². The topological polar surface area (TPSA) is 53.1 Å². The zero-order valence-corrected chi connectivity index (χ0v) is 7.80. The third-order valence-electron chi connectivity index (χ3n) is 2.23. The molecule has 2 aromatic rings. The molecule has 1 heterocycles. The highest BCUT2D eigenvalue weighted by atomic mass is 19.3. The molecule has 84 valence electrons. The number of rotatable bonds is 2. The summed E-state index contributed by atoms with van der Waals surface area (Å²) in [7, 11) is 0. The number of nitrogens with one attached hydrogen (secondary N) is 1. The standard InChI is InChI=1S/C10H6F3NO2/c11-7-5-3-1-2-4-6(5)14-8(7)10(12,13)9(15)16/h1-4,14H,(H,15,16). The number of halogens is 3. The number of carbonyl (C=O) groups is 1. The van der Waals surface area contributed by atoms with Crippen LogP contribution in [0.25, 0.3) is 10.9 Å². The molecule has 16 heavy (non-hydrogen) atoms. The van der Waals surface area contributed by atoms with Crippen LogP contribution in [-0.4, -0.2) is 16.1 Å². The maximum absolute atomic E-state index is 13.5. The molecule has 1 aromatic heterocycles. The maximum Gasteiger partial charge on any atom is 0.385 e.